The Morgan fingerprint density at radius 1 is 1.03 bits per heavy atom. The quantitative estimate of drug-likeness (QED) is 0.328. The Labute approximate surface area is 204 Å². The summed E-state index contributed by atoms with van der Waals surface area (Å²) in [6, 6.07) is 16.4. The molecule has 0 bridgehead atoms. The molecule has 2 N–H and O–H groups in total. The predicted molar refractivity (Wildman–Crippen MR) is 128 cm³/mol. The van der Waals surface area contributed by atoms with Crippen LogP contribution in [0.4, 0.5) is 0 Å². The molecule has 184 valence electrons. The van der Waals surface area contributed by atoms with Crippen LogP contribution in [-0.2, 0) is 16.1 Å². The number of amides is 4. The molecule has 2 atom stereocenters. The van der Waals surface area contributed by atoms with Gasteiger partial charge in [0.15, 0.2) is 0 Å². The van der Waals surface area contributed by atoms with Gasteiger partial charge in [-0.1, -0.05) is 56.3 Å². The monoisotopic (exact) mass is 477 g/mol. The third-order valence-electron chi connectivity index (χ3n) is 7.10. The number of likely N-dealkylation sites (tertiary alicyclic amines) is 1. The zero-order valence-corrected chi connectivity index (χ0v) is 20.1. The molecule has 2 heterocycles. The largest absolute Gasteiger partial charge is 0.338 e. The molecule has 2 aliphatic heterocycles. The highest BCUT2D eigenvalue weighted by Crippen LogP contribution is 2.47. The summed E-state index contributed by atoms with van der Waals surface area (Å²) in [5.74, 6) is -1.58. The van der Waals surface area contributed by atoms with Crippen LogP contribution in [-0.4, -0.2) is 51.7 Å². The van der Waals surface area contributed by atoms with Crippen molar-refractivity contribution in [1.82, 2.24) is 15.3 Å². The van der Waals surface area contributed by atoms with E-state index >= 15 is 0 Å². The number of nitrogens with zero attached hydrogens (tertiary/aromatic N) is 2. The zero-order valence-electron chi connectivity index (χ0n) is 20.1. The topological polar surface area (TPSA) is 107 Å². The van der Waals surface area contributed by atoms with Gasteiger partial charge in [0.25, 0.3) is 11.8 Å². The summed E-state index contributed by atoms with van der Waals surface area (Å²) in [6.45, 7) is 4.95. The molecule has 8 nitrogen and oxygen atoms in total. The Kier molecular flexibility index (Phi) is 7.03. The van der Waals surface area contributed by atoms with Crippen molar-refractivity contribution in [1.29, 1.82) is 0 Å². The van der Waals surface area contributed by atoms with Crippen LogP contribution in [0.1, 0.15) is 59.4 Å². The highest BCUT2D eigenvalue weighted by molar-refractivity contribution is 6.21. The molecule has 1 saturated heterocycles. The SMILES string of the molecule is CC(C)CC1(CC(=O)NO)C(=O)N(Cc2ccccc2)CC1CCN1C(=O)c2ccccc2C1=O. The summed E-state index contributed by atoms with van der Waals surface area (Å²) in [5.41, 5.74) is 2.41. The van der Waals surface area contributed by atoms with Crippen LogP contribution < -0.4 is 5.48 Å². The first kappa shape index (κ1) is 24.6. The van der Waals surface area contributed by atoms with Gasteiger partial charge in [0.05, 0.1) is 16.5 Å². The van der Waals surface area contributed by atoms with Gasteiger partial charge >= 0.3 is 0 Å². The normalized spacial score (nSPS) is 21.7. The third-order valence-corrected chi connectivity index (χ3v) is 7.10. The van der Waals surface area contributed by atoms with Gasteiger partial charge in [-0.05, 0) is 42.4 Å². The number of hydrogen-bond acceptors (Lipinski definition) is 5. The second-order valence-corrected chi connectivity index (χ2v) is 9.93. The maximum absolute atomic E-state index is 13.8. The van der Waals surface area contributed by atoms with Gasteiger partial charge in [-0.25, -0.2) is 5.48 Å². The van der Waals surface area contributed by atoms with E-state index in [1.54, 1.807) is 34.6 Å². The number of carbonyl (C=O) groups excluding carboxylic acids is 4. The van der Waals surface area contributed by atoms with Gasteiger partial charge < -0.3 is 4.90 Å². The minimum Gasteiger partial charge on any atom is -0.338 e. The van der Waals surface area contributed by atoms with E-state index in [4.69, 9.17) is 0 Å². The average molecular weight is 478 g/mol. The number of carbonyl (C=O) groups is 4. The lowest BCUT2D eigenvalue weighted by Crippen LogP contribution is -2.43. The number of benzene rings is 2. The Bertz CT molecular complexity index is 1100. The second-order valence-electron chi connectivity index (χ2n) is 9.93. The molecule has 2 aliphatic rings. The Balaban J connectivity index is 1.61. The molecule has 2 aromatic rings. The van der Waals surface area contributed by atoms with Crippen molar-refractivity contribution >= 4 is 23.6 Å². The van der Waals surface area contributed by atoms with Crippen molar-refractivity contribution in [3.63, 3.8) is 0 Å². The van der Waals surface area contributed by atoms with E-state index in [1.807, 2.05) is 44.2 Å². The Morgan fingerprint density at radius 2 is 1.63 bits per heavy atom. The summed E-state index contributed by atoms with van der Waals surface area (Å²) >= 11 is 0. The highest BCUT2D eigenvalue weighted by Gasteiger charge is 2.54. The van der Waals surface area contributed by atoms with Crippen molar-refractivity contribution < 1.29 is 24.4 Å². The number of hydroxylamine groups is 1. The molecule has 8 heteroatoms. The van der Waals surface area contributed by atoms with Crippen LogP contribution in [0.2, 0.25) is 0 Å². The number of fused-ring (bicyclic) bond motifs is 1. The van der Waals surface area contributed by atoms with Gasteiger partial charge in [-0.2, -0.15) is 0 Å². The molecular formula is C27H31N3O5. The van der Waals surface area contributed by atoms with E-state index in [2.05, 4.69) is 0 Å². The third kappa shape index (κ3) is 4.71. The fraction of sp³-hybridized carbons (Fsp3) is 0.407. The fourth-order valence-electron chi connectivity index (χ4n) is 5.65. The molecule has 35 heavy (non-hydrogen) atoms. The van der Waals surface area contributed by atoms with Crippen LogP contribution in [0.5, 0.6) is 0 Å². The van der Waals surface area contributed by atoms with Gasteiger partial charge in [0.2, 0.25) is 11.8 Å². The molecule has 2 aromatic carbocycles. The number of rotatable bonds is 9. The molecule has 0 radical (unpaired) electrons. The Hall–Kier alpha value is -3.52. The lowest BCUT2D eigenvalue weighted by atomic mass is 9.68. The Morgan fingerprint density at radius 3 is 2.20 bits per heavy atom. The molecule has 0 aromatic heterocycles. The zero-order chi connectivity index (χ0) is 25.2. The predicted octanol–water partition coefficient (Wildman–Crippen LogP) is 3.26. The van der Waals surface area contributed by atoms with E-state index in [9.17, 15) is 24.4 Å². The second kappa shape index (κ2) is 10.00. The minimum absolute atomic E-state index is 0.115. The van der Waals surface area contributed by atoms with Crippen LogP contribution in [0.3, 0.4) is 0 Å². The van der Waals surface area contributed by atoms with E-state index in [-0.39, 0.29) is 42.5 Å². The lowest BCUT2D eigenvalue weighted by molar-refractivity contribution is -0.144. The molecule has 4 rings (SSSR count). The highest BCUT2D eigenvalue weighted by atomic mass is 16.5. The van der Waals surface area contributed by atoms with Crippen LogP contribution >= 0.6 is 0 Å². The van der Waals surface area contributed by atoms with Gasteiger partial charge in [-0.3, -0.25) is 29.3 Å². The van der Waals surface area contributed by atoms with Crippen molar-refractivity contribution in [2.45, 2.75) is 39.7 Å². The van der Waals surface area contributed by atoms with Crippen LogP contribution in [0.25, 0.3) is 0 Å². The summed E-state index contributed by atoms with van der Waals surface area (Å²) in [4.78, 5) is 55.0. The smallest absolute Gasteiger partial charge is 0.261 e. The van der Waals surface area contributed by atoms with Gasteiger partial charge in [-0.15, -0.1) is 0 Å². The van der Waals surface area contributed by atoms with Crippen molar-refractivity contribution in [3.8, 4) is 0 Å². The molecule has 1 fully saturated rings. The fourth-order valence-corrected chi connectivity index (χ4v) is 5.65. The molecule has 0 aliphatic carbocycles. The number of hydrogen-bond donors (Lipinski definition) is 2. The summed E-state index contributed by atoms with van der Waals surface area (Å²) in [7, 11) is 0. The van der Waals surface area contributed by atoms with Crippen molar-refractivity contribution in [3.05, 3.63) is 71.3 Å². The standard InChI is InChI=1S/C27H31N3O5/c1-18(2)14-27(15-23(31)28-35)20(17-29(26(27)34)16-19-8-4-3-5-9-19)12-13-30-24(32)21-10-6-7-11-22(21)25(30)33/h3-11,18,20,35H,12-17H2,1-2H3,(H,28,31). The van der Waals surface area contributed by atoms with Crippen molar-refractivity contribution in [2.24, 2.45) is 17.3 Å². The summed E-state index contributed by atoms with van der Waals surface area (Å²) in [6.07, 6.45) is 0.684. The van der Waals surface area contributed by atoms with E-state index < -0.39 is 11.3 Å². The number of nitrogens with one attached hydrogen (secondary N) is 1. The average Bonchev–Trinajstić information content (AvgIpc) is 3.23. The first-order valence-electron chi connectivity index (χ1n) is 12.0. The molecule has 0 saturated carbocycles. The van der Waals surface area contributed by atoms with Crippen molar-refractivity contribution in [2.75, 3.05) is 13.1 Å². The number of imide groups is 1. The van der Waals surface area contributed by atoms with E-state index in [0.717, 1.165) is 5.56 Å². The van der Waals surface area contributed by atoms with E-state index in [1.165, 1.54) is 4.90 Å². The van der Waals surface area contributed by atoms with Gasteiger partial charge in [0, 0.05) is 26.1 Å². The van der Waals surface area contributed by atoms with Crippen LogP contribution in [0, 0.1) is 17.3 Å². The maximum atomic E-state index is 13.8. The molecular weight excluding hydrogens is 446 g/mol. The van der Waals surface area contributed by atoms with Crippen LogP contribution in [0.15, 0.2) is 54.6 Å². The van der Waals surface area contributed by atoms with E-state index in [0.29, 0.717) is 37.1 Å². The summed E-state index contributed by atoms with van der Waals surface area (Å²) < 4.78 is 0. The summed E-state index contributed by atoms with van der Waals surface area (Å²) in [5, 5.41) is 9.27. The minimum atomic E-state index is -1.03. The first-order chi connectivity index (χ1) is 16.8. The molecule has 0 spiro atoms. The molecule has 4 amide bonds. The van der Waals surface area contributed by atoms with Gasteiger partial charge in [0.1, 0.15) is 0 Å². The lowest BCUT2D eigenvalue weighted by Gasteiger charge is -2.34. The molecule has 2 unspecified atom stereocenters. The first-order valence-corrected chi connectivity index (χ1v) is 12.0. The maximum Gasteiger partial charge on any atom is 0.261 e.